The van der Waals surface area contributed by atoms with Crippen LogP contribution < -0.4 is 4.72 Å². The number of nitrogens with zero attached hydrogens (tertiary/aromatic N) is 1. The highest BCUT2D eigenvalue weighted by molar-refractivity contribution is 7.88. The smallest absolute Gasteiger partial charge is 0.222 e. The molecule has 0 aromatic heterocycles. The van der Waals surface area contributed by atoms with Gasteiger partial charge in [-0.25, -0.2) is 13.1 Å². The van der Waals surface area contributed by atoms with Crippen LogP contribution in [-0.2, 0) is 21.2 Å². The van der Waals surface area contributed by atoms with Crippen molar-refractivity contribution in [2.24, 2.45) is 5.41 Å². The summed E-state index contributed by atoms with van der Waals surface area (Å²) >= 11 is 0. The van der Waals surface area contributed by atoms with E-state index in [9.17, 15) is 13.2 Å². The summed E-state index contributed by atoms with van der Waals surface area (Å²) in [6.45, 7) is 1.51. The van der Waals surface area contributed by atoms with Gasteiger partial charge in [0.1, 0.15) is 0 Å². The minimum Gasteiger partial charge on any atom is -0.343 e. The SMILES string of the molecule is CS(=O)(=O)NC1CC12CCN(C(=O)CCCc1ccccc1)CC2. The topological polar surface area (TPSA) is 66.5 Å². The van der Waals surface area contributed by atoms with Gasteiger partial charge in [-0.15, -0.1) is 0 Å². The molecule has 1 atom stereocenters. The highest BCUT2D eigenvalue weighted by atomic mass is 32.2. The van der Waals surface area contributed by atoms with Gasteiger partial charge in [-0.3, -0.25) is 4.79 Å². The molecule has 24 heavy (non-hydrogen) atoms. The largest absolute Gasteiger partial charge is 0.343 e. The fourth-order valence-electron chi connectivity index (χ4n) is 3.77. The first-order chi connectivity index (χ1) is 11.4. The van der Waals surface area contributed by atoms with Gasteiger partial charge in [0.15, 0.2) is 0 Å². The molecule has 1 saturated carbocycles. The Kier molecular flexibility index (Phi) is 4.97. The third-order valence-corrected chi connectivity index (χ3v) is 6.07. The molecule has 0 radical (unpaired) electrons. The fraction of sp³-hybridized carbons (Fsp3) is 0.611. The molecule has 0 bridgehead atoms. The van der Waals surface area contributed by atoms with Crippen molar-refractivity contribution in [1.29, 1.82) is 0 Å². The fourth-order valence-corrected chi connectivity index (χ4v) is 4.62. The Morgan fingerprint density at radius 3 is 2.54 bits per heavy atom. The number of rotatable bonds is 6. The Labute approximate surface area is 144 Å². The third-order valence-electron chi connectivity index (χ3n) is 5.36. The predicted octanol–water partition coefficient (Wildman–Crippen LogP) is 1.94. The first kappa shape index (κ1) is 17.4. The Morgan fingerprint density at radius 2 is 1.92 bits per heavy atom. The molecule has 5 nitrogen and oxygen atoms in total. The second-order valence-electron chi connectivity index (χ2n) is 7.23. The van der Waals surface area contributed by atoms with Crippen molar-refractivity contribution in [2.75, 3.05) is 19.3 Å². The highest BCUT2D eigenvalue weighted by Crippen LogP contribution is 2.54. The Hall–Kier alpha value is -1.40. The Balaban J connectivity index is 1.40. The lowest BCUT2D eigenvalue weighted by Gasteiger charge is -2.33. The van der Waals surface area contributed by atoms with Crippen molar-refractivity contribution in [3.8, 4) is 0 Å². The van der Waals surface area contributed by atoms with Crippen molar-refractivity contribution in [2.45, 2.75) is 44.6 Å². The van der Waals surface area contributed by atoms with Crippen LogP contribution in [0.1, 0.15) is 37.7 Å². The number of hydrogen-bond acceptors (Lipinski definition) is 3. The van der Waals surface area contributed by atoms with E-state index in [0.717, 1.165) is 45.2 Å². The maximum atomic E-state index is 12.3. The number of sulfonamides is 1. The molecule has 1 N–H and O–H groups in total. The van der Waals surface area contributed by atoms with E-state index in [1.807, 2.05) is 23.1 Å². The van der Waals surface area contributed by atoms with E-state index in [4.69, 9.17) is 0 Å². The van der Waals surface area contributed by atoms with E-state index >= 15 is 0 Å². The summed E-state index contributed by atoms with van der Waals surface area (Å²) in [5.41, 5.74) is 1.37. The second kappa shape index (κ2) is 6.84. The number of benzene rings is 1. The van der Waals surface area contributed by atoms with Gasteiger partial charge in [-0.1, -0.05) is 30.3 Å². The summed E-state index contributed by atoms with van der Waals surface area (Å²) in [5.74, 6) is 0.231. The number of piperidine rings is 1. The minimum absolute atomic E-state index is 0.0721. The zero-order valence-corrected chi connectivity index (χ0v) is 15.0. The molecule has 1 aromatic rings. The number of carbonyl (C=O) groups excluding carboxylic acids is 1. The van der Waals surface area contributed by atoms with E-state index in [1.54, 1.807) is 0 Å². The van der Waals surface area contributed by atoms with E-state index in [0.29, 0.717) is 6.42 Å². The maximum absolute atomic E-state index is 12.3. The lowest BCUT2D eigenvalue weighted by molar-refractivity contribution is -0.132. The first-order valence-corrected chi connectivity index (χ1v) is 10.6. The van der Waals surface area contributed by atoms with Gasteiger partial charge in [-0.2, -0.15) is 0 Å². The van der Waals surface area contributed by atoms with Crippen molar-refractivity contribution < 1.29 is 13.2 Å². The van der Waals surface area contributed by atoms with Gasteiger partial charge in [0.05, 0.1) is 6.26 Å². The molecule has 1 aliphatic heterocycles. The molecule has 1 amide bonds. The molecule has 1 aliphatic carbocycles. The molecule has 1 heterocycles. The molecular weight excluding hydrogens is 324 g/mol. The molecule has 6 heteroatoms. The van der Waals surface area contributed by atoms with Crippen molar-refractivity contribution in [3.05, 3.63) is 35.9 Å². The van der Waals surface area contributed by atoms with Crippen molar-refractivity contribution in [1.82, 2.24) is 9.62 Å². The van der Waals surface area contributed by atoms with Gasteiger partial charge in [-0.05, 0) is 43.1 Å². The van der Waals surface area contributed by atoms with Gasteiger partial charge >= 0.3 is 0 Å². The molecule has 132 valence electrons. The van der Waals surface area contributed by atoms with Crippen LogP contribution in [0, 0.1) is 5.41 Å². The van der Waals surface area contributed by atoms with Crippen molar-refractivity contribution in [3.63, 3.8) is 0 Å². The monoisotopic (exact) mass is 350 g/mol. The second-order valence-corrected chi connectivity index (χ2v) is 9.01. The van der Waals surface area contributed by atoms with Crippen LogP contribution in [0.15, 0.2) is 30.3 Å². The summed E-state index contributed by atoms with van der Waals surface area (Å²) in [6.07, 6.45) is 6.34. The third kappa shape index (κ3) is 4.36. The zero-order chi connectivity index (χ0) is 17.2. The van der Waals surface area contributed by atoms with Crippen LogP contribution in [0.2, 0.25) is 0 Å². The number of amides is 1. The van der Waals surface area contributed by atoms with Crippen LogP contribution >= 0.6 is 0 Å². The summed E-state index contributed by atoms with van der Waals surface area (Å²) in [6, 6.07) is 10.3. The summed E-state index contributed by atoms with van der Waals surface area (Å²) in [7, 11) is -3.14. The van der Waals surface area contributed by atoms with Crippen LogP contribution in [0.5, 0.6) is 0 Å². The normalized spacial score (nSPS) is 22.5. The summed E-state index contributed by atoms with van der Waals surface area (Å²) < 4.78 is 25.4. The summed E-state index contributed by atoms with van der Waals surface area (Å²) in [5, 5.41) is 0. The predicted molar refractivity (Wildman–Crippen MR) is 94.0 cm³/mol. The van der Waals surface area contributed by atoms with E-state index in [1.165, 1.54) is 11.8 Å². The molecule has 2 aliphatic rings. The van der Waals surface area contributed by atoms with Gasteiger partial charge in [0.2, 0.25) is 15.9 Å². The Morgan fingerprint density at radius 1 is 1.25 bits per heavy atom. The molecule has 1 saturated heterocycles. The number of likely N-dealkylation sites (tertiary alicyclic amines) is 1. The Bertz CT molecular complexity index is 679. The van der Waals surface area contributed by atoms with Crippen LogP contribution in [0.4, 0.5) is 0 Å². The lowest BCUT2D eigenvalue weighted by Crippen LogP contribution is -2.41. The van der Waals surface area contributed by atoms with Crippen LogP contribution in [0.3, 0.4) is 0 Å². The molecular formula is C18H26N2O3S. The van der Waals surface area contributed by atoms with E-state index in [2.05, 4.69) is 16.9 Å². The van der Waals surface area contributed by atoms with Crippen LogP contribution in [0.25, 0.3) is 0 Å². The molecule has 3 rings (SSSR count). The summed E-state index contributed by atoms with van der Waals surface area (Å²) in [4.78, 5) is 14.3. The van der Waals surface area contributed by atoms with E-state index < -0.39 is 10.0 Å². The standard InChI is InChI=1S/C18H26N2O3S/c1-24(22,23)19-16-14-18(16)10-12-20(13-11-18)17(21)9-5-8-15-6-3-2-4-7-15/h2-4,6-7,16,19H,5,8-14H2,1H3. The van der Waals surface area contributed by atoms with Gasteiger partial charge in [0.25, 0.3) is 0 Å². The van der Waals surface area contributed by atoms with Crippen molar-refractivity contribution >= 4 is 15.9 Å². The van der Waals surface area contributed by atoms with Gasteiger partial charge in [0, 0.05) is 25.6 Å². The zero-order valence-electron chi connectivity index (χ0n) is 14.2. The van der Waals surface area contributed by atoms with E-state index in [-0.39, 0.29) is 17.4 Å². The number of hydrogen-bond donors (Lipinski definition) is 1. The lowest BCUT2D eigenvalue weighted by atomic mass is 9.92. The molecule has 1 aromatic carbocycles. The minimum atomic E-state index is -3.14. The number of nitrogens with one attached hydrogen (secondary N) is 1. The maximum Gasteiger partial charge on any atom is 0.222 e. The average molecular weight is 350 g/mol. The first-order valence-electron chi connectivity index (χ1n) is 8.67. The highest BCUT2D eigenvalue weighted by Gasteiger charge is 2.56. The van der Waals surface area contributed by atoms with Crippen LogP contribution in [-0.4, -0.2) is 44.6 Å². The number of aryl methyl sites for hydroxylation is 1. The molecule has 2 fully saturated rings. The van der Waals surface area contributed by atoms with Gasteiger partial charge < -0.3 is 4.90 Å². The molecule has 1 spiro atoms. The average Bonchev–Trinajstić information content (AvgIpc) is 3.18. The molecule has 1 unspecified atom stereocenters. The quantitative estimate of drug-likeness (QED) is 0.853. The number of carbonyl (C=O) groups is 1.